The molecular weight excluding hydrogens is 333 g/mol. The van der Waals surface area contributed by atoms with Gasteiger partial charge in [-0.3, -0.25) is 4.79 Å². The van der Waals surface area contributed by atoms with Crippen molar-refractivity contribution in [3.05, 3.63) is 65.5 Å². The summed E-state index contributed by atoms with van der Waals surface area (Å²) in [6.07, 6.45) is -0.203. The van der Waals surface area contributed by atoms with Crippen LogP contribution < -0.4 is 4.74 Å². The molecule has 0 radical (unpaired) electrons. The number of carbonyl (C=O) groups is 1. The first-order valence-electron chi connectivity index (χ1n) is 8.92. The fourth-order valence-corrected chi connectivity index (χ4v) is 2.95. The van der Waals surface area contributed by atoms with Gasteiger partial charge in [0.1, 0.15) is 24.3 Å². The number of halogens is 1. The summed E-state index contributed by atoms with van der Waals surface area (Å²) < 4.78 is 24.9. The van der Waals surface area contributed by atoms with Crippen molar-refractivity contribution in [2.45, 2.75) is 25.9 Å². The molecule has 0 aromatic heterocycles. The summed E-state index contributed by atoms with van der Waals surface area (Å²) in [6.45, 7) is 6.04. The first kappa shape index (κ1) is 18.4. The maximum atomic E-state index is 13.3. The number of benzene rings is 2. The lowest BCUT2D eigenvalue weighted by Crippen LogP contribution is -2.47. The van der Waals surface area contributed by atoms with Crippen molar-refractivity contribution >= 4 is 5.91 Å². The number of amides is 1. The third-order valence-electron chi connectivity index (χ3n) is 4.48. The number of morpholine rings is 1. The zero-order valence-electron chi connectivity index (χ0n) is 15.2. The fourth-order valence-electron chi connectivity index (χ4n) is 2.95. The van der Waals surface area contributed by atoms with Crippen LogP contribution in [-0.4, -0.2) is 43.2 Å². The summed E-state index contributed by atoms with van der Waals surface area (Å²) >= 11 is 0. The molecule has 2 aromatic carbocycles. The molecule has 1 aliphatic heterocycles. The van der Waals surface area contributed by atoms with Crippen molar-refractivity contribution in [1.29, 1.82) is 0 Å². The third kappa shape index (κ3) is 4.61. The van der Waals surface area contributed by atoms with Crippen molar-refractivity contribution in [1.82, 2.24) is 4.90 Å². The topological polar surface area (TPSA) is 38.8 Å². The van der Waals surface area contributed by atoms with E-state index in [2.05, 4.69) is 26.0 Å². The fraction of sp³-hybridized carbons (Fsp3) is 0.381. The lowest BCUT2D eigenvalue weighted by Gasteiger charge is -2.33. The molecule has 1 aliphatic rings. The van der Waals surface area contributed by atoms with Crippen LogP contribution in [0.1, 0.15) is 35.7 Å². The van der Waals surface area contributed by atoms with Crippen LogP contribution in [0.4, 0.5) is 4.39 Å². The van der Waals surface area contributed by atoms with Crippen LogP contribution >= 0.6 is 0 Å². The smallest absolute Gasteiger partial charge is 0.254 e. The summed E-state index contributed by atoms with van der Waals surface area (Å²) in [6, 6.07) is 13.8. The van der Waals surface area contributed by atoms with Crippen LogP contribution in [0.15, 0.2) is 48.5 Å². The van der Waals surface area contributed by atoms with E-state index in [1.807, 2.05) is 12.1 Å². The highest BCUT2D eigenvalue weighted by Gasteiger charge is 2.25. The molecule has 3 rings (SSSR count). The van der Waals surface area contributed by atoms with Gasteiger partial charge in [0.25, 0.3) is 5.91 Å². The molecule has 1 atom stereocenters. The lowest BCUT2D eigenvalue weighted by molar-refractivity contribution is -0.0401. The maximum Gasteiger partial charge on any atom is 0.254 e. The molecule has 0 spiro atoms. The number of nitrogens with zero attached hydrogens (tertiary/aromatic N) is 1. The Kier molecular flexibility index (Phi) is 5.89. The quantitative estimate of drug-likeness (QED) is 0.815. The summed E-state index contributed by atoms with van der Waals surface area (Å²) in [5.74, 6) is 0.674. The summed E-state index contributed by atoms with van der Waals surface area (Å²) in [5, 5.41) is 0. The van der Waals surface area contributed by atoms with Gasteiger partial charge < -0.3 is 14.4 Å². The van der Waals surface area contributed by atoms with E-state index in [4.69, 9.17) is 9.47 Å². The van der Waals surface area contributed by atoms with Crippen LogP contribution in [-0.2, 0) is 4.74 Å². The monoisotopic (exact) mass is 357 g/mol. The van der Waals surface area contributed by atoms with E-state index in [9.17, 15) is 9.18 Å². The highest BCUT2D eigenvalue weighted by Crippen LogP contribution is 2.19. The van der Waals surface area contributed by atoms with E-state index in [0.29, 0.717) is 37.8 Å². The Labute approximate surface area is 153 Å². The normalized spacial score (nSPS) is 17.4. The Bertz CT molecular complexity index is 745. The molecule has 0 N–H and O–H groups in total. The van der Waals surface area contributed by atoms with Crippen LogP contribution in [0, 0.1) is 5.82 Å². The summed E-state index contributed by atoms with van der Waals surface area (Å²) in [4.78, 5) is 14.2. The Morgan fingerprint density at radius 1 is 1.27 bits per heavy atom. The number of hydrogen-bond donors (Lipinski definition) is 0. The molecule has 1 fully saturated rings. The second kappa shape index (κ2) is 8.32. The SMILES string of the molecule is CC(C)c1ccc(OCC2CN(C(=O)c3cccc(F)c3)CCO2)cc1. The van der Waals surface area contributed by atoms with Gasteiger partial charge in [0.15, 0.2) is 0 Å². The molecule has 1 amide bonds. The van der Waals surface area contributed by atoms with Gasteiger partial charge in [0.2, 0.25) is 0 Å². The van der Waals surface area contributed by atoms with Crippen LogP contribution in [0.3, 0.4) is 0 Å². The number of carbonyl (C=O) groups excluding carboxylic acids is 1. The Balaban J connectivity index is 1.55. The largest absolute Gasteiger partial charge is 0.491 e. The zero-order chi connectivity index (χ0) is 18.5. The summed E-state index contributed by atoms with van der Waals surface area (Å²) in [7, 11) is 0. The van der Waals surface area contributed by atoms with Crippen LogP contribution in [0.2, 0.25) is 0 Å². The van der Waals surface area contributed by atoms with Crippen molar-refractivity contribution < 1.29 is 18.7 Å². The van der Waals surface area contributed by atoms with Crippen molar-refractivity contribution in [2.75, 3.05) is 26.3 Å². The van der Waals surface area contributed by atoms with Crippen molar-refractivity contribution in [3.63, 3.8) is 0 Å². The van der Waals surface area contributed by atoms with Crippen molar-refractivity contribution in [2.24, 2.45) is 0 Å². The van der Waals surface area contributed by atoms with E-state index in [1.54, 1.807) is 17.0 Å². The predicted molar refractivity (Wildman–Crippen MR) is 98.1 cm³/mol. The molecule has 1 heterocycles. The maximum absolute atomic E-state index is 13.3. The minimum absolute atomic E-state index is 0.181. The van der Waals surface area contributed by atoms with E-state index >= 15 is 0 Å². The zero-order valence-corrected chi connectivity index (χ0v) is 15.2. The van der Waals surface area contributed by atoms with Gasteiger partial charge in [-0.1, -0.05) is 32.0 Å². The molecular formula is C21H24FNO3. The highest BCUT2D eigenvalue weighted by atomic mass is 19.1. The minimum atomic E-state index is -0.408. The van der Waals surface area contributed by atoms with Crippen LogP contribution in [0.5, 0.6) is 5.75 Å². The van der Waals surface area contributed by atoms with E-state index in [0.717, 1.165) is 5.75 Å². The minimum Gasteiger partial charge on any atom is -0.491 e. The molecule has 2 aromatic rings. The molecule has 1 saturated heterocycles. The van der Waals surface area contributed by atoms with Gasteiger partial charge in [-0.2, -0.15) is 0 Å². The molecule has 4 nitrogen and oxygen atoms in total. The first-order chi connectivity index (χ1) is 12.5. The molecule has 0 saturated carbocycles. The van der Waals surface area contributed by atoms with Gasteiger partial charge in [0, 0.05) is 12.1 Å². The van der Waals surface area contributed by atoms with Gasteiger partial charge >= 0.3 is 0 Å². The summed E-state index contributed by atoms with van der Waals surface area (Å²) in [5.41, 5.74) is 1.62. The van der Waals surface area contributed by atoms with Gasteiger partial charge in [-0.15, -0.1) is 0 Å². The first-order valence-corrected chi connectivity index (χ1v) is 8.92. The molecule has 26 heavy (non-hydrogen) atoms. The standard InChI is InChI=1S/C21H24FNO3/c1-15(2)16-6-8-19(9-7-16)26-14-20-13-23(10-11-25-20)21(24)17-4-3-5-18(22)12-17/h3-9,12,15,20H,10-11,13-14H2,1-2H3. The lowest BCUT2D eigenvalue weighted by atomic mass is 10.0. The molecule has 1 unspecified atom stereocenters. The molecule has 5 heteroatoms. The second-order valence-corrected chi connectivity index (χ2v) is 6.79. The van der Waals surface area contributed by atoms with Gasteiger partial charge in [0.05, 0.1) is 13.2 Å². The van der Waals surface area contributed by atoms with Crippen molar-refractivity contribution in [3.8, 4) is 5.75 Å². The van der Waals surface area contributed by atoms with E-state index in [1.165, 1.54) is 17.7 Å². The molecule has 0 bridgehead atoms. The van der Waals surface area contributed by atoms with E-state index in [-0.39, 0.29) is 12.0 Å². The molecule has 138 valence electrons. The van der Waals surface area contributed by atoms with Gasteiger partial charge in [-0.25, -0.2) is 4.39 Å². The molecule has 0 aliphatic carbocycles. The van der Waals surface area contributed by atoms with Crippen LogP contribution in [0.25, 0.3) is 0 Å². The van der Waals surface area contributed by atoms with E-state index < -0.39 is 5.82 Å². The number of ether oxygens (including phenoxy) is 2. The van der Waals surface area contributed by atoms with Gasteiger partial charge in [-0.05, 0) is 41.8 Å². The average molecular weight is 357 g/mol. The predicted octanol–water partition coefficient (Wildman–Crippen LogP) is 3.87. The Morgan fingerprint density at radius 3 is 2.73 bits per heavy atom. The highest BCUT2D eigenvalue weighted by molar-refractivity contribution is 5.94. The average Bonchev–Trinajstić information content (AvgIpc) is 2.66. The third-order valence-corrected chi connectivity index (χ3v) is 4.48. The second-order valence-electron chi connectivity index (χ2n) is 6.79. The number of hydrogen-bond acceptors (Lipinski definition) is 3. The number of rotatable bonds is 5. The Hall–Kier alpha value is -2.40. The Morgan fingerprint density at radius 2 is 2.04 bits per heavy atom.